The number of nitrogens with one attached hydrogen (secondary N) is 2. The summed E-state index contributed by atoms with van der Waals surface area (Å²) < 4.78 is 30.0. The van der Waals surface area contributed by atoms with Crippen molar-refractivity contribution in [2.24, 2.45) is 0 Å². The summed E-state index contributed by atoms with van der Waals surface area (Å²) in [6.07, 6.45) is -2.33. The average Bonchev–Trinajstić information content (AvgIpc) is 3.14. The molecule has 0 bridgehead atoms. The number of anilines is 1. The summed E-state index contributed by atoms with van der Waals surface area (Å²) in [4.78, 5) is 25.8. The summed E-state index contributed by atoms with van der Waals surface area (Å²) in [6.45, 7) is 4.13. The molecule has 3 heterocycles. The largest absolute Gasteiger partial charge is 0.402 e. The van der Waals surface area contributed by atoms with Crippen molar-refractivity contribution in [1.82, 2.24) is 25.7 Å². The first kappa shape index (κ1) is 17.0. The lowest BCUT2D eigenvalue weighted by molar-refractivity contribution is 0.0906. The minimum atomic E-state index is -2.84. The molecule has 0 spiro atoms. The third kappa shape index (κ3) is 3.49. The Morgan fingerprint density at radius 1 is 1.48 bits per heavy atom. The Morgan fingerprint density at radius 2 is 2.24 bits per heavy atom. The Hall–Kier alpha value is -2.85. The maximum atomic E-state index is 12.5. The molecule has 1 amide bonds. The van der Waals surface area contributed by atoms with Crippen molar-refractivity contribution in [2.45, 2.75) is 32.2 Å². The molecule has 1 aliphatic rings. The van der Waals surface area contributed by atoms with Crippen LogP contribution in [0, 0.1) is 6.92 Å². The highest BCUT2D eigenvalue weighted by atomic mass is 19.3. The number of amides is 1. The van der Waals surface area contributed by atoms with Crippen molar-refractivity contribution in [2.75, 3.05) is 18.0 Å². The smallest absolute Gasteiger partial charge is 0.318 e. The lowest BCUT2D eigenvalue weighted by Gasteiger charge is -2.25. The monoisotopic (exact) mass is 354 g/mol. The Bertz CT molecular complexity index is 851. The van der Waals surface area contributed by atoms with Crippen LogP contribution in [0.25, 0.3) is 0 Å². The average molecular weight is 354 g/mol. The van der Waals surface area contributed by atoms with Gasteiger partial charge in [-0.3, -0.25) is 14.7 Å². The molecule has 2 aromatic heterocycles. The van der Waals surface area contributed by atoms with Crippen molar-refractivity contribution in [3.63, 3.8) is 0 Å². The molecule has 0 aromatic carbocycles. The predicted molar refractivity (Wildman–Crippen MR) is 81.6 cm³/mol. The predicted octanol–water partition coefficient (Wildman–Crippen LogP) is 0.798. The summed E-state index contributed by atoms with van der Waals surface area (Å²) in [6, 6.07) is 1.26. The van der Waals surface area contributed by atoms with Gasteiger partial charge in [0.05, 0.1) is 5.54 Å². The van der Waals surface area contributed by atoms with Gasteiger partial charge in [0.2, 0.25) is 5.43 Å². The number of H-pyrrole nitrogens is 1. The Labute approximate surface area is 140 Å². The fourth-order valence-electron chi connectivity index (χ4n) is 2.66. The van der Waals surface area contributed by atoms with E-state index in [4.69, 9.17) is 4.42 Å². The second-order valence-electron chi connectivity index (χ2n) is 6.17. The van der Waals surface area contributed by atoms with E-state index in [2.05, 4.69) is 25.7 Å². The van der Waals surface area contributed by atoms with Gasteiger partial charge in [-0.15, -0.1) is 5.10 Å². The van der Waals surface area contributed by atoms with Gasteiger partial charge in [0.1, 0.15) is 0 Å². The number of nitrogens with zero attached hydrogens (tertiary/aromatic N) is 4. The van der Waals surface area contributed by atoms with Crippen molar-refractivity contribution in [3.05, 3.63) is 33.6 Å². The van der Waals surface area contributed by atoms with E-state index in [1.807, 2.05) is 0 Å². The molecule has 1 unspecified atom stereocenters. The molecule has 1 saturated heterocycles. The summed E-state index contributed by atoms with van der Waals surface area (Å²) >= 11 is 0. The molecule has 0 radical (unpaired) electrons. The number of aromatic amines is 1. The number of aryl methyl sites for hydroxylation is 1. The second-order valence-corrected chi connectivity index (χ2v) is 6.17. The van der Waals surface area contributed by atoms with Gasteiger partial charge in [-0.25, -0.2) is 0 Å². The van der Waals surface area contributed by atoms with Gasteiger partial charge < -0.3 is 14.6 Å². The number of hydrogen-bond acceptors (Lipinski definition) is 7. The highest BCUT2D eigenvalue weighted by molar-refractivity contribution is 5.92. The lowest BCUT2D eigenvalue weighted by atomic mass is 10.0. The number of halogens is 2. The molecule has 9 nitrogen and oxygen atoms in total. The number of carbonyl (C=O) groups excluding carboxylic acids is 1. The van der Waals surface area contributed by atoms with E-state index in [1.165, 1.54) is 6.07 Å². The molecule has 2 aromatic rings. The molecule has 25 heavy (non-hydrogen) atoms. The van der Waals surface area contributed by atoms with E-state index in [0.29, 0.717) is 18.7 Å². The second kappa shape index (κ2) is 6.22. The van der Waals surface area contributed by atoms with Crippen LogP contribution in [0.1, 0.15) is 41.8 Å². The Morgan fingerprint density at radius 3 is 2.88 bits per heavy atom. The van der Waals surface area contributed by atoms with E-state index in [9.17, 15) is 18.4 Å². The lowest BCUT2D eigenvalue weighted by Crippen LogP contribution is -2.49. The minimum Gasteiger partial charge on any atom is -0.402 e. The van der Waals surface area contributed by atoms with Gasteiger partial charge in [-0.1, -0.05) is 5.10 Å². The fraction of sp³-hybridized carbons (Fsp3) is 0.500. The summed E-state index contributed by atoms with van der Waals surface area (Å²) in [7, 11) is 0. The number of carbonyl (C=O) groups is 1. The molecule has 11 heteroatoms. The normalized spacial score (nSPS) is 20.3. The topological polar surface area (TPSA) is 117 Å². The number of alkyl halides is 2. The van der Waals surface area contributed by atoms with Crippen molar-refractivity contribution in [1.29, 1.82) is 0 Å². The molecule has 1 fully saturated rings. The van der Waals surface area contributed by atoms with E-state index in [0.717, 1.165) is 0 Å². The standard InChI is InChI=1S/C14H16F2N6O3/c1-7-5-8(23)9(19-18-7)11(24)17-14(2)3-4-22(6-14)13-21-20-12(25-13)10(15)16/h5,10H,3-4,6H2,1-2H3,(H,17,24)(H,18,23). The molecule has 3 rings (SSSR count). The molecule has 2 N–H and O–H groups in total. The zero-order valence-corrected chi connectivity index (χ0v) is 13.5. The van der Waals surface area contributed by atoms with E-state index in [1.54, 1.807) is 18.7 Å². The van der Waals surface area contributed by atoms with Crippen LogP contribution in [0.2, 0.25) is 0 Å². The van der Waals surface area contributed by atoms with E-state index >= 15 is 0 Å². The highest BCUT2D eigenvalue weighted by Crippen LogP contribution is 2.27. The van der Waals surface area contributed by atoms with E-state index in [-0.39, 0.29) is 18.3 Å². The summed E-state index contributed by atoms with van der Waals surface area (Å²) in [5.41, 5.74) is -0.866. The maximum Gasteiger partial charge on any atom is 0.318 e. The molecule has 1 atom stereocenters. The molecule has 1 aliphatic heterocycles. The highest BCUT2D eigenvalue weighted by Gasteiger charge is 2.38. The number of aromatic nitrogens is 4. The summed E-state index contributed by atoms with van der Waals surface area (Å²) in [5, 5.41) is 16.0. The van der Waals surface area contributed by atoms with Crippen LogP contribution in [0.5, 0.6) is 0 Å². The maximum absolute atomic E-state index is 12.5. The number of rotatable bonds is 4. The SMILES string of the molecule is Cc1cc(=O)c(C(=O)NC2(C)CCN(c3nnc(C(F)F)o3)C2)n[nH]1. The zero-order chi connectivity index (χ0) is 18.2. The molecule has 134 valence electrons. The van der Waals surface area contributed by atoms with Crippen LogP contribution in [-0.4, -0.2) is 44.9 Å². The minimum absolute atomic E-state index is 0.0282. The quantitative estimate of drug-likeness (QED) is 0.834. The first-order chi connectivity index (χ1) is 11.8. The van der Waals surface area contributed by atoms with Crippen molar-refractivity contribution >= 4 is 11.9 Å². The van der Waals surface area contributed by atoms with Crippen LogP contribution < -0.4 is 15.6 Å². The van der Waals surface area contributed by atoms with Crippen LogP contribution >= 0.6 is 0 Å². The van der Waals surface area contributed by atoms with Gasteiger partial charge in [0, 0.05) is 24.8 Å². The van der Waals surface area contributed by atoms with Gasteiger partial charge in [0.25, 0.3) is 11.8 Å². The molecular weight excluding hydrogens is 338 g/mol. The van der Waals surface area contributed by atoms with Gasteiger partial charge in [-0.05, 0) is 20.3 Å². The fourth-order valence-corrected chi connectivity index (χ4v) is 2.66. The first-order valence-corrected chi connectivity index (χ1v) is 7.53. The zero-order valence-electron chi connectivity index (χ0n) is 13.5. The van der Waals surface area contributed by atoms with Gasteiger partial charge in [0.15, 0.2) is 5.69 Å². The van der Waals surface area contributed by atoms with E-state index < -0.39 is 29.2 Å². The number of hydrogen-bond donors (Lipinski definition) is 2. The summed E-state index contributed by atoms with van der Waals surface area (Å²) in [5.74, 6) is -1.35. The van der Waals surface area contributed by atoms with Crippen molar-refractivity contribution in [3.8, 4) is 0 Å². The molecule has 0 saturated carbocycles. The van der Waals surface area contributed by atoms with Gasteiger partial charge in [-0.2, -0.15) is 13.9 Å². The Balaban J connectivity index is 1.70. The first-order valence-electron chi connectivity index (χ1n) is 7.53. The molecular formula is C14H16F2N6O3. The van der Waals surface area contributed by atoms with Crippen LogP contribution in [-0.2, 0) is 0 Å². The molecule has 0 aliphatic carbocycles. The third-order valence-corrected chi connectivity index (χ3v) is 3.92. The third-order valence-electron chi connectivity index (χ3n) is 3.92. The van der Waals surface area contributed by atoms with Crippen LogP contribution in [0.15, 0.2) is 15.3 Å². The van der Waals surface area contributed by atoms with Crippen molar-refractivity contribution < 1.29 is 18.0 Å². The van der Waals surface area contributed by atoms with Crippen LogP contribution in [0.3, 0.4) is 0 Å². The Kier molecular flexibility index (Phi) is 4.23. The van der Waals surface area contributed by atoms with Gasteiger partial charge >= 0.3 is 12.4 Å². The van der Waals surface area contributed by atoms with Crippen LogP contribution in [0.4, 0.5) is 14.8 Å².